The summed E-state index contributed by atoms with van der Waals surface area (Å²) < 4.78 is 11.7. The minimum atomic E-state index is -0.671. The van der Waals surface area contributed by atoms with Gasteiger partial charge in [-0.1, -0.05) is 0 Å². The Bertz CT molecular complexity index is 1090. The molecule has 0 unspecified atom stereocenters. The van der Waals surface area contributed by atoms with Crippen molar-refractivity contribution in [1.82, 2.24) is 14.6 Å². The quantitative estimate of drug-likeness (QED) is 0.574. The highest BCUT2D eigenvalue weighted by atomic mass is 79.9. The molecule has 3 heterocycles. The van der Waals surface area contributed by atoms with Crippen molar-refractivity contribution in [2.75, 3.05) is 19.0 Å². The molecule has 0 radical (unpaired) electrons. The lowest BCUT2D eigenvalue weighted by Gasteiger charge is -2.04. The Balaban J connectivity index is 2.01. The number of nitrogens with one attached hydrogen (secondary N) is 1. The van der Waals surface area contributed by atoms with Crippen LogP contribution >= 0.6 is 27.3 Å². The number of anilines is 1. The largest absolute Gasteiger partial charge is 0.465 e. The molecule has 3 rings (SSSR count). The second-order valence-corrected chi connectivity index (χ2v) is 7.29. The number of nitrogens with zero attached hydrogens (tertiary/aromatic N) is 3. The summed E-state index contributed by atoms with van der Waals surface area (Å²) in [4.78, 5) is 41.5. The number of aromatic nitrogens is 3. The number of esters is 2. The number of amides is 1. The van der Waals surface area contributed by atoms with E-state index in [2.05, 4.69) is 31.3 Å². The lowest BCUT2D eigenvalue weighted by Crippen LogP contribution is -2.15. The molecule has 0 aromatic carbocycles. The summed E-state index contributed by atoms with van der Waals surface area (Å²) in [7, 11) is 1.22. The van der Waals surface area contributed by atoms with Gasteiger partial charge in [0, 0.05) is 12.4 Å². The summed E-state index contributed by atoms with van der Waals surface area (Å²) in [6.07, 6.45) is 3.23. The summed E-state index contributed by atoms with van der Waals surface area (Å²) in [6.45, 7) is 3.46. The molecule has 28 heavy (non-hydrogen) atoms. The number of thiophene rings is 1. The molecule has 0 aliphatic rings. The van der Waals surface area contributed by atoms with Gasteiger partial charge in [-0.05, 0) is 41.4 Å². The van der Waals surface area contributed by atoms with Crippen molar-refractivity contribution in [3.8, 4) is 0 Å². The smallest absolute Gasteiger partial charge is 0.348 e. The summed E-state index contributed by atoms with van der Waals surface area (Å²) in [5, 5.41) is 7.00. The first-order chi connectivity index (χ1) is 13.4. The van der Waals surface area contributed by atoms with Crippen molar-refractivity contribution < 1.29 is 23.9 Å². The topological polar surface area (TPSA) is 112 Å². The van der Waals surface area contributed by atoms with Gasteiger partial charge in [0.2, 0.25) is 0 Å². The number of carbonyl (C=O) groups is 3. The molecule has 3 aromatic heterocycles. The van der Waals surface area contributed by atoms with Crippen molar-refractivity contribution in [2.45, 2.75) is 13.8 Å². The molecule has 11 heteroatoms. The minimum absolute atomic E-state index is 0.0817. The fraction of sp³-hybridized carbons (Fsp3) is 0.235. The number of methoxy groups -OCH3 is 1. The third-order valence-electron chi connectivity index (χ3n) is 3.78. The third kappa shape index (κ3) is 3.50. The van der Waals surface area contributed by atoms with E-state index in [9.17, 15) is 14.4 Å². The normalized spacial score (nSPS) is 10.7. The monoisotopic (exact) mass is 466 g/mol. The molecule has 0 atom stereocenters. The van der Waals surface area contributed by atoms with E-state index < -0.39 is 17.8 Å². The third-order valence-corrected chi connectivity index (χ3v) is 5.70. The van der Waals surface area contributed by atoms with Gasteiger partial charge in [0.1, 0.15) is 9.88 Å². The van der Waals surface area contributed by atoms with E-state index in [-0.39, 0.29) is 27.7 Å². The zero-order valence-corrected chi connectivity index (χ0v) is 17.5. The second kappa shape index (κ2) is 8.07. The van der Waals surface area contributed by atoms with Crippen molar-refractivity contribution in [1.29, 1.82) is 0 Å². The van der Waals surface area contributed by atoms with Gasteiger partial charge in [0.25, 0.3) is 5.91 Å². The van der Waals surface area contributed by atoms with E-state index in [1.807, 2.05) is 0 Å². The van der Waals surface area contributed by atoms with Crippen LogP contribution in [0.25, 0.3) is 5.65 Å². The summed E-state index contributed by atoms with van der Waals surface area (Å²) in [6, 6.07) is 1.68. The van der Waals surface area contributed by atoms with Gasteiger partial charge in [0.15, 0.2) is 11.3 Å². The van der Waals surface area contributed by atoms with Crippen LogP contribution < -0.4 is 5.32 Å². The molecule has 1 N–H and O–H groups in total. The number of hydrogen-bond donors (Lipinski definition) is 1. The highest BCUT2D eigenvalue weighted by Gasteiger charge is 2.28. The molecule has 0 bridgehead atoms. The van der Waals surface area contributed by atoms with Gasteiger partial charge < -0.3 is 14.8 Å². The number of hydrogen-bond acceptors (Lipinski definition) is 8. The Labute approximate surface area is 171 Å². The maximum Gasteiger partial charge on any atom is 0.348 e. The number of rotatable bonds is 5. The molecule has 0 fully saturated rings. The Hall–Kier alpha value is -2.79. The molecule has 0 aliphatic carbocycles. The van der Waals surface area contributed by atoms with Gasteiger partial charge in [0.05, 0.1) is 23.8 Å². The van der Waals surface area contributed by atoms with Gasteiger partial charge >= 0.3 is 11.9 Å². The van der Waals surface area contributed by atoms with E-state index in [0.717, 1.165) is 11.3 Å². The van der Waals surface area contributed by atoms with Crippen LogP contribution in [-0.4, -0.2) is 46.2 Å². The van der Waals surface area contributed by atoms with Crippen molar-refractivity contribution >= 4 is 55.8 Å². The predicted octanol–water partition coefficient (Wildman–Crippen LogP) is 3.08. The van der Waals surface area contributed by atoms with Gasteiger partial charge in [-0.3, -0.25) is 4.79 Å². The van der Waals surface area contributed by atoms with Crippen molar-refractivity contribution in [2.24, 2.45) is 0 Å². The number of fused-ring (bicyclic) bond motifs is 1. The van der Waals surface area contributed by atoms with E-state index in [4.69, 9.17) is 9.47 Å². The van der Waals surface area contributed by atoms with E-state index in [1.54, 1.807) is 32.3 Å². The lowest BCUT2D eigenvalue weighted by molar-refractivity contribution is 0.0531. The molecule has 0 spiro atoms. The molecular formula is C17H15BrN4O5S. The molecule has 146 valence electrons. The van der Waals surface area contributed by atoms with E-state index in [0.29, 0.717) is 15.7 Å². The zero-order valence-electron chi connectivity index (χ0n) is 15.1. The van der Waals surface area contributed by atoms with Crippen LogP contribution in [0.4, 0.5) is 5.00 Å². The Morgan fingerprint density at radius 3 is 2.71 bits per heavy atom. The molecule has 3 aromatic rings. The number of carbonyl (C=O) groups excluding carboxylic acids is 3. The Morgan fingerprint density at radius 2 is 2.07 bits per heavy atom. The van der Waals surface area contributed by atoms with Crippen molar-refractivity contribution in [3.05, 3.63) is 44.6 Å². The maximum absolute atomic E-state index is 12.8. The van der Waals surface area contributed by atoms with Crippen LogP contribution in [0.5, 0.6) is 0 Å². The van der Waals surface area contributed by atoms with E-state index in [1.165, 1.54) is 11.6 Å². The fourth-order valence-corrected chi connectivity index (χ4v) is 4.13. The highest BCUT2D eigenvalue weighted by molar-refractivity contribution is 9.10. The van der Waals surface area contributed by atoms with Crippen LogP contribution in [0, 0.1) is 6.92 Å². The minimum Gasteiger partial charge on any atom is -0.465 e. The molecule has 0 aliphatic heterocycles. The van der Waals surface area contributed by atoms with E-state index >= 15 is 0 Å². The predicted molar refractivity (Wildman–Crippen MR) is 105 cm³/mol. The fourth-order valence-electron chi connectivity index (χ4n) is 2.51. The van der Waals surface area contributed by atoms with Crippen LogP contribution in [0.1, 0.15) is 43.0 Å². The summed E-state index contributed by atoms with van der Waals surface area (Å²) >= 11 is 4.26. The standard InChI is InChI=1S/C17H15BrN4O5S/c1-4-27-17(25)12-8(2)9(16(24)26-3)15(28-12)20-14(23)11-10(18)13-19-6-5-7-22(13)21-11/h5-7H,4H2,1-3H3,(H,20,23). The summed E-state index contributed by atoms with van der Waals surface area (Å²) in [5.74, 6) is -1.82. The molecule has 1 amide bonds. The number of ether oxygens (including phenoxy) is 2. The molecule has 0 saturated carbocycles. The zero-order chi connectivity index (χ0) is 20.4. The SMILES string of the molecule is CCOC(=O)c1sc(NC(=O)c2nn3cccnc3c2Br)c(C(=O)OC)c1C. The highest BCUT2D eigenvalue weighted by Crippen LogP contribution is 2.35. The molecular weight excluding hydrogens is 452 g/mol. The van der Waals surface area contributed by atoms with Crippen LogP contribution in [-0.2, 0) is 9.47 Å². The van der Waals surface area contributed by atoms with Crippen LogP contribution in [0.2, 0.25) is 0 Å². The number of halogens is 1. The van der Waals surface area contributed by atoms with Gasteiger partial charge in [-0.2, -0.15) is 5.10 Å². The first-order valence-corrected chi connectivity index (χ1v) is 9.69. The Kier molecular flexibility index (Phi) is 5.75. The lowest BCUT2D eigenvalue weighted by atomic mass is 10.1. The Morgan fingerprint density at radius 1 is 1.32 bits per heavy atom. The molecule has 9 nitrogen and oxygen atoms in total. The summed E-state index contributed by atoms with van der Waals surface area (Å²) in [5.41, 5.74) is 1.02. The first-order valence-electron chi connectivity index (χ1n) is 8.08. The average molecular weight is 467 g/mol. The average Bonchev–Trinajstić information content (AvgIpc) is 3.19. The molecule has 0 saturated heterocycles. The van der Waals surface area contributed by atoms with Crippen molar-refractivity contribution in [3.63, 3.8) is 0 Å². The maximum atomic E-state index is 12.8. The van der Waals surface area contributed by atoms with Gasteiger partial charge in [-0.25, -0.2) is 19.1 Å². The first kappa shape index (κ1) is 20.0. The van der Waals surface area contributed by atoms with Crippen LogP contribution in [0.15, 0.2) is 22.9 Å². The van der Waals surface area contributed by atoms with Crippen LogP contribution in [0.3, 0.4) is 0 Å². The van der Waals surface area contributed by atoms with Gasteiger partial charge in [-0.15, -0.1) is 11.3 Å². The second-order valence-electron chi connectivity index (χ2n) is 5.48.